The predicted octanol–water partition coefficient (Wildman–Crippen LogP) is 3.34. The molecule has 0 saturated carbocycles. The molecule has 1 aromatic carbocycles. The molecule has 3 heterocycles. The van der Waals surface area contributed by atoms with Crippen molar-refractivity contribution in [1.29, 1.82) is 0 Å². The van der Waals surface area contributed by atoms with Crippen LogP contribution in [0.3, 0.4) is 0 Å². The summed E-state index contributed by atoms with van der Waals surface area (Å²) in [7, 11) is 0. The fourth-order valence-corrected chi connectivity index (χ4v) is 5.71. The van der Waals surface area contributed by atoms with Gasteiger partial charge in [0.2, 0.25) is 0 Å². The van der Waals surface area contributed by atoms with Crippen molar-refractivity contribution in [2.24, 2.45) is 0 Å². The van der Waals surface area contributed by atoms with Crippen LogP contribution in [0.4, 0.5) is 0 Å². The number of carbonyl (C=O) groups excluding carboxylic acids is 2. The van der Waals surface area contributed by atoms with Gasteiger partial charge in [0, 0.05) is 17.8 Å². The van der Waals surface area contributed by atoms with E-state index < -0.39 is 23.9 Å². The van der Waals surface area contributed by atoms with Crippen molar-refractivity contribution < 1.29 is 19.8 Å². The molecule has 1 saturated heterocycles. The third-order valence-corrected chi connectivity index (χ3v) is 7.51. The van der Waals surface area contributed by atoms with Crippen LogP contribution < -0.4 is 0 Å². The van der Waals surface area contributed by atoms with E-state index in [1.165, 1.54) is 16.2 Å². The van der Waals surface area contributed by atoms with Gasteiger partial charge in [-0.3, -0.25) is 9.59 Å². The molecule has 0 aliphatic carbocycles. The zero-order valence-electron chi connectivity index (χ0n) is 16.4. The summed E-state index contributed by atoms with van der Waals surface area (Å²) in [6.07, 6.45) is -0.439. The van der Waals surface area contributed by atoms with E-state index in [2.05, 4.69) is 4.98 Å². The number of likely N-dealkylation sites (tertiary alicyclic amines) is 1. The fraction of sp³-hybridized carbons (Fsp3) is 0.409. The Hall–Kier alpha value is -2.13. The van der Waals surface area contributed by atoms with Crippen LogP contribution in [-0.4, -0.2) is 50.5 Å². The van der Waals surface area contributed by atoms with Gasteiger partial charge in [0.15, 0.2) is 11.9 Å². The topological polar surface area (TPSA) is 90.7 Å². The molecule has 3 aromatic rings. The third kappa shape index (κ3) is 4.46. The monoisotopic (exact) mass is 444 g/mol. The van der Waals surface area contributed by atoms with E-state index in [0.29, 0.717) is 13.0 Å². The number of aliphatic hydroxyl groups is 2. The number of ketones is 1. The van der Waals surface area contributed by atoms with Crippen molar-refractivity contribution >= 4 is 44.6 Å². The van der Waals surface area contributed by atoms with E-state index in [1.54, 1.807) is 16.2 Å². The first kappa shape index (κ1) is 21.1. The fourth-order valence-electron chi connectivity index (χ4n) is 3.84. The minimum atomic E-state index is -1.74. The van der Waals surface area contributed by atoms with Gasteiger partial charge >= 0.3 is 0 Å². The van der Waals surface area contributed by atoms with E-state index >= 15 is 0 Å². The van der Waals surface area contributed by atoms with Crippen molar-refractivity contribution in [3.05, 3.63) is 51.7 Å². The Balaban J connectivity index is 1.38. The quantitative estimate of drug-likeness (QED) is 0.556. The number of rotatable bonds is 8. The molecular formula is C22H24N2O4S2. The van der Waals surface area contributed by atoms with E-state index in [4.69, 9.17) is 0 Å². The molecule has 2 N–H and O–H groups in total. The summed E-state index contributed by atoms with van der Waals surface area (Å²) in [5, 5.41) is 23.5. The Morgan fingerprint density at radius 1 is 1.17 bits per heavy atom. The molecule has 6 nitrogen and oxygen atoms in total. The molecule has 1 aliphatic heterocycles. The third-order valence-electron chi connectivity index (χ3n) is 5.44. The normalized spacial score (nSPS) is 18.6. The molecule has 1 aliphatic rings. The largest absolute Gasteiger partial charge is 0.382 e. The Morgan fingerprint density at radius 3 is 2.77 bits per heavy atom. The van der Waals surface area contributed by atoms with Gasteiger partial charge in [-0.15, -0.1) is 22.7 Å². The maximum atomic E-state index is 12.9. The molecular weight excluding hydrogens is 420 g/mol. The number of thiazole rings is 1. The summed E-state index contributed by atoms with van der Waals surface area (Å²) in [5.41, 5.74) is 0.887. The molecule has 4 rings (SSSR count). The second-order valence-electron chi connectivity index (χ2n) is 7.50. The molecule has 0 spiro atoms. The highest BCUT2D eigenvalue weighted by atomic mass is 32.1. The molecule has 1 amide bonds. The van der Waals surface area contributed by atoms with Crippen molar-refractivity contribution in [2.75, 3.05) is 6.54 Å². The number of nitrogens with zero attached hydrogens (tertiary/aromatic N) is 2. The van der Waals surface area contributed by atoms with E-state index in [1.807, 2.05) is 41.8 Å². The summed E-state index contributed by atoms with van der Waals surface area (Å²) in [4.78, 5) is 32.6. The van der Waals surface area contributed by atoms with Gasteiger partial charge < -0.3 is 15.1 Å². The lowest BCUT2D eigenvalue weighted by Crippen LogP contribution is -2.47. The summed E-state index contributed by atoms with van der Waals surface area (Å²) in [6, 6.07) is 11.5. The number of aryl methyl sites for hydroxylation is 1. The van der Waals surface area contributed by atoms with Gasteiger partial charge in [0.05, 0.1) is 16.3 Å². The maximum absolute atomic E-state index is 12.9. The van der Waals surface area contributed by atoms with Gasteiger partial charge in [-0.2, -0.15) is 0 Å². The summed E-state index contributed by atoms with van der Waals surface area (Å²) in [5.74, 6) is -1.10. The molecule has 30 heavy (non-hydrogen) atoms. The van der Waals surface area contributed by atoms with Crippen molar-refractivity contribution in [3.63, 3.8) is 0 Å². The molecule has 1 fully saturated rings. The maximum Gasteiger partial charge on any atom is 0.255 e. The molecule has 1 unspecified atom stereocenters. The summed E-state index contributed by atoms with van der Waals surface area (Å²) >= 11 is 3.16. The summed E-state index contributed by atoms with van der Waals surface area (Å²) < 4.78 is 1.05. The van der Waals surface area contributed by atoms with Crippen LogP contribution in [0.15, 0.2) is 41.8 Å². The van der Waals surface area contributed by atoms with Gasteiger partial charge in [-0.05, 0) is 49.3 Å². The molecule has 0 radical (unpaired) electrons. The number of thiophene rings is 1. The van der Waals surface area contributed by atoms with Crippen LogP contribution in [0.25, 0.3) is 10.2 Å². The number of para-hydroxylation sites is 1. The number of carbonyl (C=O) groups is 2. The van der Waals surface area contributed by atoms with Crippen molar-refractivity contribution in [1.82, 2.24) is 9.88 Å². The van der Waals surface area contributed by atoms with Crippen molar-refractivity contribution in [2.45, 2.75) is 50.4 Å². The highest BCUT2D eigenvalue weighted by Gasteiger charge is 2.39. The Bertz CT molecular complexity index is 984. The van der Waals surface area contributed by atoms with Crippen LogP contribution in [0, 0.1) is 0 Å². The van der Waals surface area contributed by atoms with Crippen LogP contribution >= 0.6 is 22.7 Å². The zero-order valence-corrected chi connectivity index (χ0v) is 18.1. The first-order valence-corrected chi connectivity index (χ1v) is 11.8. The molecule has 8 heteroatoms. The van der Waals surface area contributed by atoms with Gasteiger partial charge in [0.1, 0.15) is 11.1 Å². The van der Waals surface area contributed by atoms with Gasteiger partial charge in [0.25, 0.3) is 5.91 Å². The smallest absolute Gasteiger partial charge is 0.255 e. The summed E-state index contributed by atoms with van der Waals surface area (Å²) in [6.45, 7) is 0.482. The Labute approximate surface area is 182 Å². The lowest BCUT2D eigenvalue weighted by molar-refractivity contribution is -0.153. The number of amides is 1. The van der Waals surface area contributed by atoms with Crippen LogP contribution in [0.5, 0.6) is 0 Å². The average Bonchev–Trinajstić information content (AvgIpc) is 3.51. The second kappa shape index (κ2) is 9.34. The van der Waals surface area contributed by atoms with Gasteiger partial charge in [-0.1, -0.05) is 18.2 Å². The lowest BCUT2D eigenvalue weighted by atomic mass is 10.0. The second-order valence-corrected chi connectivity index (χ2v) is 9.59. The minimum absolute atomic E-state index is 0.130. The van der Waals surface area contributed by atoms with Crippen LogP contribution in [0.2, 0.25) is 0 Å². The van der Waals surface area contributed by atoms with Crippen LogP contribution in [-0.2, 0) is 16.0 Å². The number of Topliss-reactive ketones (excluding diaryl/α,β-unsaturated/α-hetero) is 1. The first-order valence-electron chi connectivity index (χ1n) is 10.1. The highest BCUT2D eigenvalue weighted by molar-refractivity contribution is 7.18. The number of aliphatic hydroxyl groups excluding tert-OH is 2. The molecule has 3 atom stereocenters. The SMILES string of the molecule is O=C(CCCc1cccs1)[C@H](O)[C@@H](O)C(=O)N1CCCC1c1nc2ccccc2s1. The number of fused-ring (bicyclic) bond motifs is 1. The average molecular weight is 445 g/mol. The van der Waals surface area contributed by atoms with E-state index in [0.717, 1.165) is 34.5 Å². The molecule has 2 aromatic heterocycles. The standard InChI is InChI=1S/C22H24N2O4S2/c25-17(10-3-6-14-7-5-13-29-14)19(26)20(27)22(28)24-12-4-9-16(24)21-23-15-8-1-2-11-18(15)30-21/h1-2,5,7-8,11,13,16,19-20,26-27H,3-4,6,9-10,12H2/t16?,19-,20+/m0/s1. The zero-order chi connectivity index (χ0) is 21.1. The van der Waals surface area contributed by atoms with Crippen molar-refractivity contribution in [3.8, 4) is 0 Å². The Kier molecular flexibility index (Phi) is 6.58. The number of hydrogen-bond acceptors (Lipinski definition) is 7. The molecule has 158 valence electrons. The lowest BCUT2D eigenvalue weighted by Gasteiger charge is -2.27. The first-order chi connectivity index (χ1) is 14.5. The molecule has 0 bridgehead atoms. The predicted molar refractivity (Wildman–Crippen MR) is 118 cm³/mol. The van der Waals surface area contributed by atoms with Gasteiger partial charge in [-0.25, -0.2) is 4.98 Å². The number of hydrogen-bond donors (Lipinski definition) is 2. The van der Waals surface area contributed by atoms with Crippen LogP contribution in [0.1, 0.15) is 41.6 Å². The van der Waals surface area contributed by atoms with E-state index in [9.17, 15) is 19.8 Å². The minimum Gasteiger partial charge on any atom is -0.382 e. The Morgan fingerprint density at radius 2 is 2.00 bits per heavy atom. The number of benzene rings is 1. The number of aromatic nitrogens is 1. The van der Waals surface area contributed by atoms with E-state index in [-0.39, 0.29) is 12.5 Å². The highest BCUT2D eigenvalue weighted by Crippen LogP contribution is 2.36.